The van der Waals surface area contributed by atoms with Crippen LogP contribution in [0.4, 0.5) is 11.5 Å². The molecule has 2 saturated heterocycles. The number of amides is 1. The zero-order chi connectivity index (χ0) is 28.3. The Bertz CT molecular complexity index is 1430. The fourth-order valence-electron chi connectivity index (χ4n) is 6.41. The highest BCUT2D eigenvalue weighted by atomic mass is 35.5. The number of allylic oxidation sites excluding steroid dienone is 1. The number of anilines is 2. The molecule has 0 radical (unpaired) electrons. The summed E-state index contributed by atoms with van der Waals surface area (Å²) in [6.45, 7) is 8.09. The van der Waals surface area contributed by atoms with Gasteiger partial charge in [0.1, 0.15) is 12.4 Å². The first kappa shape index (κ1) is 27.8. The summed E-state index contributed by atoms with van der Waals surface area (Å²) in [6, 6.07) is 13.4. The fourth-order valence-corrected chi connectivity index (χ4v) is 6.69. The Morgan fingerprint density at radius 2 is 1.78 bits per heavy atom. The van der Waals surface area contributed by atoms with E-state index in [4.69, 9.17) is 26.3 Å². The van der Waals surface area contributed by atoms with E-state index < -0.39 is 0 Å². The molecular weight excluding hydrogens is 536 g/mol. The average molecular weight is 575 g/mol. The van der Waals surface area contributed by atoms with E-state index in [1.807, 2.05) is 24.0 Å². The summed E-state index contributed by atoms with van der Waals surface area (Å²) >= 11 is 6.70. The number of carbonyl (C=O) groups excluding carboxylic acids is 1. The molecule has 0 aliphatic carbocycles. The van der Waals surface area contributed by atoms with Gasteiger partial charge in [-0.3, -0.25) is 4.79 Å². The molecule has 3 aromatic rings. The molecular formula is C32H39ClN6O2. The van der Waals surface area contributed by atoms with E-state index in [0.717, 1.165) is 85.0 Å². The third kappa shape index (κ3) is 5.86. The first-order chi connectivity index (χ1) is 20.0. The first-order valence-electron chi connectivity index (χ1n) is 14.8. The van der Waals surface area contributed by atoms with Gasteiger partial charge >= 0.3 is 6.01 Å². The number of hydrogen-bond donors (Lipinski definition) is 0. The molecule has 4 heterocycles. The van der Waals surface area contributed by atoms with Crippen molar-refractivity contribution in [3.8, 4) is 6.01 Å². The van der Waals surface area contributed by atoms with Crippen LogP contribution in [0.15, 0.2) is 48.6 Å². The predicted molar refractivity (Wildman–Crippen MR) is 165 cm³/mol. The zero-order valence-corrected chi connectivity index (χ0v) is 24.8. The van der Waals surface area contributed by atoms with Crippen molar-refractivity contribution in [1.82, 2.24) is 19.8 Å². The number of hydrogen-bond acceptors (Lipinski definition) is 7. The summed E-state index contributed by atoms with van der Waals surface area (Å²) in [6.07, 6.45) is 7.41. The number of benzene rings is 2. The molecule has 1 aromatic heterocycles. The average Bonchev–Trinajstić information content (AvgIpc) is 3.28. The minimum Gasteiger partial charge on any atom is -0.462 e. The van der Waals surface area contributed by atoms with Crippen LogP contribution < -0.4 is 14.5 Å². The van der Waals surface area contributed by atoms with E-state index in [1.165, 1.54) is 12.0 Å². The molecule has 8 nitrogen and oxygen atoms in total. The van der Waals surface area contributed by atoms with Crippen LogP contribution in [0.3, 0.4) is 0 Å². The van der Waals surface area contributed by atoms with Crippen LogP contribution in [0, 0.1) is 0 Å². The molecule has 1 amide bonds. The Morgan fingerprint density at radius 1 is 1.00 bits per heavy atom. The fraction of sp³-hybridized carbons (Fsp3) is 0.469. The Hall–Kier alpha value is -3.36. The number of aromatic nitrogens is 2. The van der Waals surface area contributed by atoms with E-state index in [1.54, 1.807) is 12.2 Å². The molecule has 0 bridgehead atoms. The molecule has 41 heavy (non-hydrogen) atoms. The molecule has 0 spiro atoms. The standard InChI is InChI=1S/C32H39ClN6O2/c1-3-7-29(40)38-18-20-39(21-19-38)31-25-13-16-37(28-12-5-9-23-8-4-11-26(33)30(23)28)17-14-27(25)34-32(35-31)41-22-24-10-6-15-36(24)2/h3-5,7-9,11-12,24H,6,10,13-22H2,1-2H3/b7-3+. The topological polar surface area (TPSA) is 65.0 Å². The highest BCUT2D eigenvalue weighted by Crippen LogP contribution is 2.35. The van der Waals surface area contributed by atoms with Crippen molar-refractivity contribution in [2.45, 2.75) is 38.6 Å². The Morgan fingerprint density at radius 3 is 2.54 bits per heavy atom. The maximum atomic E-state index is 12.5. The lowest BCUT2D eigenvalue weighted by Crippen LogP contribution is -2.49. The minimum atomic E-state index is 0.0720. The predicted octanol–water partition coefficient (Wildman–Crippen LogP) is 4.59. The van der Waals surface area contributed by atoms with E-state index >= 15 is 0 Å². The normalized spacial score (nSPS) is 20.1. The van der Waals surface area contributed by atoms with E-state index in [-0.39, 0.29) is 5.91 Å². The third-order valence-corrected chi connectivity index (χ3v) is 9.06. The Kier molecular flexibility index (Phi) is 8.30. The van der Waals surface area contributed by atoms with Crippen LogP contribution in [-0.2, 0) is 17.6 Å². The number of piperazine rings is 1. The number of nitrogens with zero attached hydrogens (tertiary/aromatic N) is 6. The van der Waals surface area contributed by atoms with Crippen molar-refractivity contribution in [3.63, 3.8) is 0 Å². The van der Waals surface area contributed by atoms with Gasteiger partial charge in [0.25, 0.3) is 0 Å². The maximum absolute atomic E-state index is 12.5. The van der Waals surface area contributed by atoms with Gasteiger partial charge < -0.3 is 24.3 Å². The molecule has 6 rings (SSSR count). The number of likely N-dealkylation sites (tertiary alicyclic amines) is 1. The Balaban J connectivity index is 1.28. The van der Waals surface area contributed by atoms with Crippen LogP contribution in [0.5, 0.6) is 6.01 Å². The first-order valence-corrected chi connectivity index (χ1v) is 15.2. The summed E-state index contributed by atoms with van der Waals surface area (Å²) in [4.78, 5) is 31.5. The highest BCUT2D eigenvalue weighted by molar-refractivity contribution is 6.36. The van der Waals surface area contributed by atoms with Crippen LogP contribution in [0.25, 0.3) is 10.8 Å². The van der Waals surface area contributed by atoms with Crippen molar-refractivity contribution in [3.05, 3.63) is 64.8 Å². The van der Waals surface area contributed by atoms with Gasteiger partial charge in [-0.2, -0.15) is 9.97 Å². The van der Waals surface area contributed by atoms with Crippen LogP contribution >= 0.6 is 11.6 Å². The smallest absolute Gasteiger partial charge is 0.318 e. The number of carbonyl (C=O) groups is 1. The zero-order valence-electron chi connectivity index (χ0n) is 24.1. The van der Waals surface area contributed by atoms with E-state index in [9.17, 15) is 4.79 Å². The van der Waals surface area contributed by atoms with Gasteiger partial charge in [0.2, 0.25) is 5.91 Å². The van der Waals surface area contributed by atoms with E-state index in [0.29, 0.717) is 31.7 Å². The molecule has 9 heteroatoms. The number of ether oxygens (including phenoxy) is 1. The van der Waals surface area contributed by atoms with Crippen molar-refractivity contribution in [2.24, 2.45) is 0 Å². The largest absolute Gasteiger partial charge is 0.462 e. The van der Waals surface area contributed by atoms with E-state index in [2.05, 4.69) is 46.0 Å². The third-order valence-electron chi connectivity index (χ3n) is 8.75. The van der Waals surface area contributed by atoms with Crippen LogP contribution in [0.2, 0.25) is 5.02 Å². The van der Waals surface area contributed by atoms with Crippen LogP contribution in [0.1, 0.15) is 31.0 Å². The highest BCUT2D eigenvalue weighted by Gasteiger charge is 2.28. The molecule has 0 saturated carbocycles. The molecule has 216 valence electrons. The lowest BCUT2D eigenvalue weighted by molar-refractivity contribution is -0.126. The summed E-state index contributed by atoms with van der Waals surface area (Å²) in [5, 5.41) is 3.02. The lowest BCUT2D eigenvalue weighted by Gasteiger charge is -2.36. The second-order valence-corrected chi connectivity index (χ2v) is 11.7. The van der Waals surface area contributed by atoms with Gasteiger partial charge in [0, 0.05) is 68.4 Å². The Labute approximate surface area is 247 Å². The summed E-state index contributed by atoms with van der Waals surface area (Å²) in [7, 11) is 2.16. The second kappa shape index (κ2) is 12.2. The molecule has 0 N–H and O–H groups in total. The summed E-state index contributed by atoms with van der Waals surface area (Å²) in [5.41, 5.74) is 3.41. The molecule has 1 atom stereocenters. The van der Waals surface area contributed by atoms with Crippen molar-refractivity contribution < 1.29 is 9.53 Å². The molecule has 1 unspecified atom stereocenters. The number of halogens is 1. The number of rotatable bonds is 6. The van der Waals surface area contributed by atoms with Gasteiger partial charge in [-0.25, -0.2) is 0 Å². The molecule has 2 aromatic carbocycles. The van der Waals surface area contributed by atoms with Gasteiger partial charge in [-0.1, -0.05) is 41.9 Å². The van der Waals surface area contributed by atoms with Crippen molar-refractivity contribution in [2.75, 3.05) is 69.3 Å². The lowest BCUT2D eigenvalue weighted by atomic mass is 10.1. The number of likely N-dealkylation sites (N-methyl/N-ethyl adjacent to an activating group) is 1. The second-order valence-electron chi connectivity index (χ2n) is 11.3. The van der Waals surface area contributed by atoms with Crippen molar-refractivity contribution in [1.29, 1.82) is 0 Å². The van der Waals surface area contributed by atoms with Crippen molar-refractivity contribution >= 4 is 39.8 Å². The van der Waals surface area contributed by atoms with Gasteiger partial charge in [0.15, 0.2) is 0 Å². The summed E-state index contributed by atoms with van der Waals surface area (Å²) in [5.74, 6) is 1.03. The monoisotopic (exact) mass is 574 g/mol. The van der Waals surface area contributed by atoms with Gasteiger partial charge in [-0.15, -0.1) is 0 Å². The molecule has 3 aliphatic rings. The molecule has 3 aliphatic heterocycles. The SMILES string of the molecule is C/C=C/C(=O)N1CCN(c2nc(OCC3CCCN3C)nc3c2CCN(c2cccc4cccc(Cl)c24)CC3)CC1. The van der Waals surface area contributed by atoms with Gasteiger partial charge in [-0.05, 0) is 63.4 Å². The number of fused-ring (bicyclic) bond motifs is 2. The molecule has 2 fully saturated rings. The summed E-state index contributed by atoms with van der Waals surface area (Å²) < 4.78 is 6.28. The quantitative estimate of drug-likeness (QED) is 0.399. The van der Waals surface area contributed by atoms with Crippen LogP contribution in [-0.4, -0.2) is 91.2 Å². The van der Waals surface area contributed by atoms with Gasteiger partial charge in [0.05, 0.1) is 10.7 Å². The maximum Gasteiger partial charge on any atom is 0.318 e. The minimum absolute atomic E-state index is 0.0720.